The molecule has 0 amide bonds. The predicted octanol–water partition coefficient (Wildman–Crippen LogP) is 4.17. The van der Waals surface area contributed by atoms with Gasteiger partial charge in [0.2, 0.25) is 0 Å². The lowest BCUT2D eigenvalue weighted by Crippen LogP contribution is -2.15. The minimum absolute atomic E-state index is 0.939. The van der Waals surface area contributed by atoms with E-state index in [4.69, 9.17) is 0 Å². The van der Waals surface area contributed by atoms with Gasteiger partial charge < -0.3 is 0 Å². The van der Waals surface area contributed by atoms with Crippen LogP contribution in [0.15, 0.2) is 12.2 Å². The van der Waals surface area contributed by atoms with Crippen LogP contribution in [0, 0.1) is 11.8 Å². The van der Waals surface area contributed by atoms with Crippen LogP contribution >= 0.6 is 0 Å². The second-order valence-corrected chi connectivity index (χ2v) is 3.85. The molecule has 0 spiro atoms. The third kappa shape index (κ3) is 1.91. The minimum Gasteiger partial charge on any atom is -0.0996 e. The Kier molecular flexibility index (Phi) is 3.84. The third-order valence-corrected chi connectivity index (χ3v) is 3.26. The Labute approximate surface area is 77.1 Å². The van der Waals surface area contributed by atoms with Crippen molar-refractivity contribution in [1.82, 2.24) is 0 Å². The van der Waals surface area contributed by atoms with Crippen LogP contribution < -0.4 is 0 Å². The quantitative estimate of drug-likeness (QED) is 0.474. The fraction of sp³-hybridized carbons (Fsp3) is 0.833. The smallest absolute Gasteiger partial charge is 0.0178 e. The van der Waals surface area contributed by atoms with E-state index in [9.17, 15) is 0 Å². The molecule has 0 aromatic rings. The first-order valence-electron chi connectivity index (χ1n) is 5.55. The lowest BCUT2D eigenvalue weighted by Gasteiger charge is -2.27. The van der Waals surface area contributed by atoms with Crippen molar-refractivity contribution in [3.8, 4) is 0 Å². The van der Waals surface area contributed by atoms with Crippen molar-refractivity contribution < 1.29 is 0 Å². The van der Waals surface area contributed by atoms with Gasteiger partial charge in [-0.1, -0.05) is 32.4 Å². The zero-order valence-corrected chi connectivity index (χ0v) is 8.60. The highest BCUT2D eigenvalue weighted by atomic mass is 14.4. The molecular weight excluding hydrogens is 144 g/mol. The van der Waals surface area contributed by atoms with Crippen LogP contribution in [0.25, 0.3) is 0 Å². The molecule has 0 bridgehead atoms. The highest BCUT2D eigenvalue weighted by Crippen LogP contribution is 2.44. The van der Waals surface area contributed by atoms with Crippen molar-refractivity contribution in [3.05, 3.63) is 12.2 Å². The SMILES string of the molecule is C=C1CCCC2CCCC12.CC. The average Bonchev–Trinajstić information content (AvgIpc) is 2.57. The Hall–Kier alpha value is -0.260. The number of allylic oxidation sites excluding steroid dienone is 1. The maximum absolute atomic E-state index is 4.16. The molecule has 0 heteroatoms. The summed E-state index contributed by atoms with van der Waals surface area (Å²) in [6, 6.07) is 0. The van der Waals surface area contributed by atoms with Gasteiger partial charge in [0, 0.05) is 0 Å². The molecule has 2 aliphatic carbocycles. The summed E-state index contributed by atoms with van der Waals surface area (Å²) in [6.45, 7) is 8.16. The minimum atomic E-state index is 0.939. The van der Waals surface area contributed by atoms with Crippen molar-refractivity contribution in [1.29, 1.82) is 0 Å². The molecule has 0 saturated heterocycles. The summed E-state index contributed by atoms with van der Waals surface area (Å²) in [7, 11) is 0. The molecule has 2 saturated carbocycles. The number of fused-ring (bicyclic) bond motifs is 1. The van der Waals surface area contributed by atoms with Crippen molar-refractivity contribution in [2.45, 2.75) is 52.4 Å². The van der Waals surface area contributed by atoms with Gasteiger partial charge in [-0.2, -0.15) is 0 Å². The molecule has 2 rings (SSSR count). The van der Waals surface area contributed by atoms with E-state index in [1.54, 1.807) is 5.57 Å². The zero-order valence-electron chi connectivity index (χ0n) is 8.60. The van der Waals surface area contributed by atoms with Crippen molar-refractivity contribution in [2.75, 3.05) is 0 Å². The van der Waals surface area contributed by atoms with Crippen molar-refractivity contribution in [3.63, 3.8) is 0 Å². The summed E-state index contributed by atoms with van der Waals surface area (Å²) in [5, 5.41) is 0. The molecule has 0 nitrogen and oxygen atoms in total. The Balaban J connectivity index is 0.000000336. The highest BCUT2D eigenvalue weighted by Gasteiger charge is 2.31. The summed E-state index contributed by atoms with van der Waals surface area (Å²) >= 11 is 0. The van der Waals surface area contributed by atoms with Gasteiger partial charge in [0.1, 0.15) is 0 Å². The van der Waals surface area contributed by atoms with Gasteiger partial charge in [-0.25, -0.2) is 0 Å². The van der Waals surface area contributed by atoms with E-state index in [1.165, 1.54) is 38.5 Å². The fourth-order valence-corrected chi connectivity index (χ4v) is 2.70. The topological polar surface area (TPSA) is 0 Å². The molecule has 0 radical (unpaired) electrons. The number of rotatable bonds is 0. The maximum atomic E-state index is 4.16. The monoisotopic (exact) mass is 166 g/mol. The van der Waals surface area contributed by atoms with Gasteiger partial charge >= 0.3 is 0 Å². The van der Waals surface area contributed by atoms with E-state index in [0.717, 1.165) is 11.8 Å². The lowest BCUT2D eigenvalue weighted by molar-refractivity contribution is 0.350. The predicted molar refractivity (Wildman–Crippen MR) is 55.2 cm³/mol. The molecule has 70 valence electrons. The molecule has 2 unspecified atom stereocenters. The summed E-state index contributed by atoms with van der Waals surface area (Å²) in [6.07, 6.45) is 8.63. The maximum Gasteiger partial charge on any atom is -0.0178 e. The van der Waals surface area contributed by atoms with Crippen molar-refractivity contribution >= 4 is 0 Å². The Morgan fingerprint density at radius 3 is 2.42 bits per heavy atom. The summed E-state index contributed by atoms with van der Waals surface area (Å²) < 4.78 is 0. The van der Waals surface area contributed by atoms with Crippen LogP contribution in [-0.4, -0.2) is 0 Å². The first kappa shape index (κ1) is 9.83. The fourth-order valence-electron chi connectivity index (χ4n) is 2.70. The normalized spacial score (nSPS) is 33.7. The second-order valence-electron chi connectivity index (χ2n) is 3.85. The van der Waals surface area contributed by atoms with Crippen LogP contribution in [0.5, 0.6) is 0 Å². The van der Waals surface area contributed by atoms with Crippen molar-refractivity contribution in [2.24, 2.45) is 11.8 Å². The van der Waals surface area contributed by atoms with E-state index in [1.807, 2.05) is 13.8 Å². The van der Waals surface area contributed by atoms with Gasteiger partial charge in [-0.3, -0.25) is 0 Å². The van der Waals surface area contributed by atoms with Crippen LogP contribution in [0.4, 0.5) is 0 Å². The first-order chi connectivity index (χ1) is 5.88. The second kappa shape index (κ2) is 4.69. The van der Waals surface area contributed by atoms with Gasteiger partial charge in [-0.15, -0.1) is 0 Å². The molecule has 0 N–H and O–H groups in total. The molecule has 0 heterocycles. The number of hydrogen-bond donors (Lipinski definition) is 0. The zero-order chi connectivity index (χ0) is 8.97. The molecular formula is C12H22. The van der Waals surface area contributed by atoms with E-state index in [2.05, 4.69) is 6.58 Å². The summed E-state index contributed by atoms with van der Waals surface area (Å²) in [5.74, 6) is 1.98. The molecule has 2 aliphatic rings. The van der Waals surface area contributed by atoms with E-state index >= 15 is 0 Å². The summed E-state index contributed by atoms with van der Waals surface area (Å²) in [5.41, 5.74) is 1.56. The largest absolute Gasteiger partial charge is 0.0996 e. The van der Waals surface area contributed by atoms with Gasteiger partial charge in [0.25, 0.3) is 0 Å². The molecule has 2 fully saturated rings. The molecule has 0 aromatic carbocycles. The molecule has 12 heavy (non-hydrogen) atoms. The van der Waals surface area contributed by atoms with Crippen LogP contribution in [0.1, 0.15) is 52.4 Å². The first-order valence-corrected chi connectivity index (χ1v) is 5.55. The van der Waals surface area contributed by atoms with E-state index < -0.39 is 0 Å². The Morgan fingerprint density at radius 2 is 1.75 bits per heavy atom. The Morgan fingerprint density at radius 1 is 1.08 bits per heavy atom. The molecule has 0 aliphatic heterocycles. The van der Waals surface area contributed by atoms with Gasteiger partial charge in [0.15, 0.2) is 0 Å². The van der Waals surface area contributed by atoms with Crippen LogP contribution in [0.2, 0.25) is 0 Å². The van der Waals surface area contributed by atoms with Gasteiger partial charge in [0.05, 0.1) is 0 Å². The highest BCUT2D eigenvalue weighted by molar-refractivity contribution is 5.08. The van der Waals surface area contributed by atoms with E-state index in [-0.39, 0.29) is 0 Å². The standard InChI is InChI=1S/C10H16.C2H6/c1-8-4-2-5-9-6-3-7-10(8)9;1-2/h9-10H,1-7H2;1-2H3. The molecule has 0 aromatic heterocycles. The van der Waals surface area contributed by atoms with Crippen LogP contribution in [0.3, 0.4) is 0 Å². The number of hydrogen-bond acceptors (Lipinski definition) is 0. The summed E-state index contributed by atoms with van der Waals surface area (Å²) in [4.78, 5) is 0. The van der Waals surface area contributed by atoms with Gasteiger partial charge in [-0.05, 0) is 43.9 Å². The molecule has 2 atom stereocenters. The average molecular weight is 166 g/mol. The lowest BCUT2D eigenvalue weighted by atomic mass is 9.79. The third-order valence-electron chi connectivity index (χ3n) is 3.26. The van der Waals surface area contributed by atoms with Crippen LogP contribution in [-0.2, 0) is 0 Å². The van der Waals surface area contributed by atoms with E-state index in [0.29, 0.717) is 0 Å². The Bertz CT molecular complexity index is 146.